The zero-order valence-corrected chi connectivity index (χ0v) is 15.3. The summed E-state index contributed by atoms with van der Waals surface area (Å²) in [7, 11) is -4.13. The van der Waals surface area contributed by atoms with E-state index < -0.39 is 21.8 Å². The van der Waals surface area contributed by atoms with Gasteiger partial charge in [-0.15, -0.1) is 0 Å². The first-order valence-corrected chi connectivity index (χ1v) is 9.45. The first-order chi connectivity index (χ1) is 12.2. The summed E-state index contributed by atoms with van der Waals surface area (Å²) in [6.07, 6.45) is -1.68. The van der Waals surface area contributed by atoms with E-state index in [1.165, 1.54) is 35.3 Å². The van der Waals surface area contributed by atoms with Gasteiger partial charge in [0, 0.05) is 16.9 Å². The monoisotopic (exact) mass is 445 g/mol. The van der Waals surface area contributed by atoms with E-state index >= 15 is 0 Å². The Labute approximate surface area is 155 Å². The van der Waals surface area contributed by atoms with Crippen LogP contribution in [0.15, 0.2) is 70.3 Å². The molecule has 0 atom stereocenters. The van der Waals surface area contributed by atoms with Crippen molar-refractivity contribution >= 4 is 31.6 Å². The van der Waals surface area contributed by atoms with Crippen LogP contribution >= 0.6 is 15.9 Å². The van der Waals surface area contributed by atoms with Crippen LogP contribution < -0.4 is 4.72 Å². The van der Waals surface area contributed by atoms with Crippen molar-refractivity contribution in [3.05, 3.63) is 71.0 Å². The van der Waals surface area contributed by atoms with Gasteiger partial charge in [0.1, 0.15) is 4.90 Å². The molecule has 5 nitrogen and oxygen atoms in total. The molecular weight excluding hydrogens is 435 g/mol. The molecule has 0 aliphatic heterocycles. The molecule has 0 radical (unpaired) electrons. The SMILES string of the molecule is O=S(=O)(Nc1cc(C(F)(F)F)ccc1-n1cccn1)c1ccccc1Br. The van der Waals surface area contributed by atoms with E-state index in [0.717, 1.165) is 18.2 Å². The summed E-state index contributed by atoms with van der Waals surface area (Å²) >= 11 is 3.13. The Morgan fingerprint density at radius 3 is 2.42 bits per heavy atom. The van der Waals surface area contributed by atoms with Crippen molar-refractivity contribution in [2.24, 2.45) is 0 Å². The lowest BCUT2D eigenvalue weighted by Gasteiger charge is -2.16. The zero-order valence-electron chi connectivity index (χ0n) is 12.9. The molecule has 136 valence electrons. The first-order valence-electron chi connectivity index (χ1n) is 7.17. The third-order valence-electron chi connectivity index (χ3n) is 3.45. The van der Waals surface area contributed by atoms with Gasteiger partial charge >= 0.3 is 6.18 Å². The maximum Gasteiger partial charge on any atom is 0.416 e. The van der Waals surface area contributed by atoms with Crippen molar-refractivity contribution in [2.75, 3.05) is 4.72 Å². The summed E-state index contributed by atoms with van der Waals surface area (Å²) in [5, 5.41) is 3.95. The van der Waals surface area contributed by atoms with Crippen molar-refractivity contribution in [1.82, 2.24) is 9.78 Å². The van der Waals surface area contributed by atoms with Gasteiger partial charge < -0.3 is 0 Å². The maximum atomic E-state index is 13.1. The number of halogens is 4. The van der Waals surface area contributed by atoms with Crippen molar-refractivity contribution in [3.8, 4) is 5.69 Å². The van der Waals surface area contributed by atoms with E-state index in [1.807, 2.05) is 0 Å². The Kier molecular flexibility index (Phi) is 4.80. The number of sulfonamides is 1. The second kappa shape index (κ2) is 6.76. The molecule has 0 fully saturated rings. The van der Waals surface area contributed by atoms with Crippen LogP contribution in [0.5, 0.6) is 0 Å². The molecule has 26 heavy (non-hydrogen) atoms. The van der Waals surface area contributed by atoms with Gasteiger partial charge in [0.05, 0.1) is 16.9 Å². The Morgan fingerprint density at radius 1 is 1.08 bits per heavy atom. The van der Waals surface area contributed by atoms with Crippen molar-refractivity contribution < 1.29 is 21.6 Å². The van der Waals surface area contributed by atoms with E-state index in [1.54, 1.807) is 12.1 Å². The minimum atomic E-state index is -4.61. The number of benzene rings is 2. The molecule has 3 rings (SSSR count). The lowest BCUT2D eigenvalue weighted by atomic mass is 10.1. The van der Waals surface area contributed by atoms with Gasteiger partial charge in [-0.05, 0) is 52.3 Å². The predicted octanol–water partition coefficient (Wildman–Crippen LogP) is 4.45. The fourth-order valence-corrected chi connectivity index (χ4v) is 4.34. The molecule has 1 N–H and O–H groups in total. The van der Waals surface area contributed by atoms with Gasteiger partial charge in [0.15, 0.2) is 0 Å². The number of hydrogen-bond donors (Lipinski definition) is 1. The zero-order chi connectivity index (χ0) is 18.9. The highest BCUT2D eigenvalue weighted by molar-refractivity contribution is 9.10. The van der Waals surface area contributed by atoms with Gasteiger partial charge in [-0.1, -0.05) is 12.1 Å². The Hall–Kier alpha value is -2.33. The van der Waals surface area contributed by atoms with Gasteiger partial charge in [-0.3, -0.25) is 4.72 Å². The first kappa shape index (κ1) is 18.5. The summed E-state index contributed by atoms with van der Waals surface area (Å²) in [4.78, 5) is -0.0937. The average Bonchev–Trinajstić information content (AvgIpc) is 3.08. The van der Waals surface area contributed by atoms with Crippen LogP contribution in [0.1, 0.15) is 5.56 Å². The number of anilines is 1. The van der Waals surface area contributed by atoms with Gasteiger partial charge in [0.2, 0.25) is 0 Å². The van der Waals surface area contributed by atoms with E-state index in [2.05, 4.69) is 25.8 Å². The van der Waals surface area contributed by atoms with Crippen molar-refractivity contribution in [2.45, 2.75) is 11.1 Å². The number of aromatic nitrogens is 2. The topological polar surface area (TPSA) is 64.0 Å². The largest absolute Gasteiger partial charge is 0.416 e. The minimum absolute atomic E-state index is 0.0937. The average molecular weight is 446 g/mol. The molecule has 1 heterocycles. The molecule has 0 aliphatic rings. The molecule has 0 saturated carbocycles. The van der Waals surface area contributed by atoms with Crippen LogP contribution in [0.25, 0.3) is 5.69 Å². The molecule has 10 heteroatoms. The van der Waals surface area contributed by atoms with Crippen LogP contribution in [-0.2, 0) is 16.2 Å². The molecule has 3 aromatic rings. The molecule has 0 unspecified atom stereocenters. The molecule has 2 aromatic carbocycles. The molecular formula is C16H11BrF3N3O2S. The Bertz CT molecular complexity index is 1040. The maximum absolute atomic E-state index is 13.1. The molecule has 1 aromatic heterocycles. The quantitative estimate of drug-likeness (QED) is 0.644. The normalized spacial score (nSPS) is 12.2. The molecule has 0 aliphatic carbocycles. The van der Waals surface area contributed by atoms with Crippen LogP contribution in [-0.4, -0.2) is 18.2 Å². The number of nitrogens with zero attached hydrogens (tertiary/aromatic N) is 2. The van der Waals surface area contributed by atoms with Crippen LogP contribution in [0.4, 0.5) is 18.9 Å². The van der Waals surface area contributed by atoms with E-state index in [0.29, 0.717) is 4.47 Å². The Morgan fingerprint density at radius 2 is 1.81 bits per heavy atom. The summed E-state index contributed by atoms with van der Waals surface area (Å²) in [5.41, 5.74) is -1.05. The van der Waals surface area contributed by atoms with Gasteiger partial charge in [-0.25, -0.2) is 13.1 Å². The minimum Gasteiger partial charge on any atom is -0.277 e. The second-order valence-electron chi connectivity index (χ2n) is 5.22. The molecule has 0 saturated heterocycles. The van der Waals surface area contributed by atoms with E-state index in [-0.39, 0.29) is 16.3 Å². The predicted molar refractivity (Wildman–Crippen MR) is 93.5 cm³/mol. The van der Waals surface area contributed by atoms with Gasteiger partial charge in [-0.2, -0.15) is 18.3 Å². The third-order valence-corrected chi connectivity index (χ3v) is 5.82. The lowest BCUT2D eigenvalue weighted by molar-refractivity contribution is -0.137. The third kappa shape index (κ3) is 3.75. The van der Waals surface area contributed by atoms with Crippen LogP contribution in [0.2, 0.25) is 0 Å². The summed E-state index contributed by atoms with van der Waals surface area (Å²) in [6, 6.07) is 10.3. The summed E-state index contributed by atoms with van der Waals surface area (Å²) in [6.45, 7) is 0. The van der Waals surface area contributed by atoms with Crippen molar-refractivity contribution in [3.63, 3.8) is 0 Å². The molecule has 0 spiro atoms. The molecule has 0 amide bonds. The Balaban J connectivity index is 2.12. The summed E-state index contributed by atoms with van der Waals surface area (Å²) in [5.74, 6) is 0. The standard InChI is InChI=1S/C16H11BrF3N3O2S/c17-12-4-1-2-5-15(12)26(24,25)22-13-10-11(16(18,19)20)6-7-14(13)23-9-3-8-21-23/h1-10,22H. The summed E-state index contributed by atoms with van der Waals surface area (Å²) < 4.78 is 68.3. The number of hydrogen-bond acceptors (Lipinski definition) is 3. The fourth-order valence-electron chi connectivity index (χ4n) is 2.27. The number of alkyl halides is 3. The second-order valence-corrected chi connectivity index (χ2v) is 7.72. The molecule has 0 bridgehead atoms. The van der Waals surface area contributed by atoms with E-state index in [4.69, 9.17) is 0 Å². The number of nitrogens with one attached hydrogen (secondary N) is 1. The van der Waals surface area contributed by atoms with Crippen LogP contribution in [0, 0.1) is 0 Å². The number of rotatable bonds is 4. The fraction of sp³-hybridized carbons (Fsp3) is 0.0625. The highest BCUT2D eigenvalue weighted by Gasteiger charge is 2.32. The highest BCUT2D eigenvalue weighted by Crippen LogP contribution is 2.34. The smallest absolute Gasteiger partial charge is 0.277 e. The highest BCUT2D eigenvalue weighted by atomic mass is 79.9. The van der Waals surface area contributed by atoms with Gasteiger partial charge in [0.25, 0.3) is 10.0 Å². The van der Waals surface area contributed by atoms with Crippen molar-refractivity contribution in [1.29, 1.82) is 0 Å². The lowest BCUT2D eigenvalue weighted by Crippen LogP contribution is -2.16. The van der Waals surface area contributed by atoms with Crippen LogP contribution in [0.3, 0.4) is 0 Å². The van der Waals surface area contributed by atoms with E-state index in [9.17, 15) is 21.6 Å².